The van der Waals surface area contributed by atoms with Crippen LogP contribution in [-0.2, 0) is 0 Å². The summed E-state index contributed by atoms with van der Waals surface area (Å²) in [4.78, 5) is 2.65. The quantitative estimate of drug-likeness (QED) is 0.830. The van der Waals surface area contributed by atoms with E-state index in [9.17, 15) is 0 Å². The molecule has 1 saturated heterocycles. The molecule has 1 aromatic carbocycles. The lowest BCUT2D eigenvalue weighted by molar-refractivity contribution is 0.0276. The molecule has 0 aromatic heterocycles. The Labute approximate surface area is 141 Å². The number of fused-ring (bicyclic) bond motifs is 1. The molecule has 1 aliphatic carbocycles. The molecule has 116 valence electrons. The number of hydrogen-bond donors (Lipinski definition) is 1. The van der Waals surface area contributed by atoms with Crippen LogP contribution in [0.3, 0.4) is 0 Å². The van der Waals surface area contributed by atoms with Crippen molar-refractivity contribution in [1.29, 1.82) is 0 Å². The number of likely N-dealkylation sites (tertiary alicyclic amines) is 1. The second-order valence-electron chi connectivity index (χ2n) is 6.41. The Bertz CT molecular complexity index is 492. The van der Waals surface area contributed by atoms with Crippen LogP contribution in [-0.4, -0.2) is 24.0 Å². The van der Waals surface area contributed by atoms with Gasteiger partial charge in [0, 0.05) is 28.1 Å². The van der Waals surface area contributed by atoms with Gasteiger partial charge < -0.3 is 5.73 Å². The second-order valence-corrected chi connectivity index (χ2v) is 7.73. The van der Waals surface area contributed by atoms with Crippen LogP contribution in [0.15, 0.2) is 22.7 Å². The van der Waals surface area contributed by atoms with Crippen LogP contribution in [0.25, 0.3) is 0 Å². The van der Waals surface area contributed by atoms with Crippen LogP contribution in [0.1, 0.15) is 50.1 Å². The number of nitrogens with two attached hydrogens (primary N) is 1. The first-order valence-corrected chi connectivity index (χ1v) is 9.28. The molecule has 3 atom stereocenters. The molecule has 1 heterocycles. The van der Waals surface area contributed by atoms with Crippen LogP contribution in [0.5, 0.6) is 0 Å². The van der Waals surface area contributed by atoms with E-state index in [2.05, 4.69) is 26.9 Å². The molecule has 4 heteroatoms. The van der Waals surface area contributed by atoms with E-state index in [1.54, 1.807) is 0 Å². The molecule has 3 rings (SSSR count). The predicted octanol–water partition coefficient (Wildman–Crippen LogP) is 4.76. The summed E-state index contributed by atoms with van der Waals surface area (Å²) in [7, 11) is 0. The van der Waals surface area contributed by atoms with Crippen molar-refractivity contribution in [3.8, 4) is 0 Å². The van der Waals surface area contributed by atoms with E-state index in [0.717, 1.165) is 22.0 Å². The van der Waals surface area contributed by atoms with Gasteiger partial charge in [-0.25, -0.2) is 0 Å². The minimum absolute atomic E-state index is 0.251. The van der Waals surface area contributed by atoms with Crippen molar-refractivity contribution < 1.29 is 0 Å². The van der Waals surface area contributed by atoms with E-state index in [1.165, 1.54) is 44.1 Å². The Morgan fingerprint density at radius 2 is 2.00 bits per heavy atom. The van der Waals surface area contributed by atoms with Crippen molar-refractivity contribution in [2.75, 3.05) is 13.1 Å². The fourth-order valence-corrected chi connectivity index (χ4v) is 4.88. The largest absolute Gasteiger partial charge is 0.329 e. The molecule has 1 saturated carbocycles. The third-order valence-electron chi connectivity index (χ3n) is 5.23. The van der Waals surface area contributed by atoms with Crippen molar-refractivity contribution in [2.45, 2.75) is 50.6 Å². The molecule has 1 aliphatic heterocycles. The Hall–Kier alpha value is -0.0900. The molecule has 0 radical (unpaired) electrons. The lowest BCUT2D eigenvalue weighted by Gasteiger charge is -2.47. The number of rotatable bonds is 3. The lowest BCUT2D eigenvalue weighted by atomic mass is 9.77. The zero-order valence-corrected chi connectivity index (χ0v) is 14.7. The molecule has 2 aliphatic rings. The van der Waals surface area contributed by atoms with Crippen molar-refractivity contribution in [3.63, 3.8) is 0 Å². The first-order valence-electron chi connectivity index (χ1n) is 8.11. The van der Waals surface area contributed by atoms with E-state index in [0.29, 0.717) is 12.6 Å². The summed E-state index contributed by atoms with van der Waals surface area (Å²) in [5, 5.41) is 0.839. The van der Waals surface area contributed by atoms with Gasteiger partial charge in [0.05, 0.1) is 0 Å². The zero-order valence-electron chi connectivity index (χ0n) is 12.4. The summed E-state index contributed by atoms with van der Waals surface area (Å²) in [5.41, 5.74) is 7.34. The highest BCUT2D eigenvalue weighted by Crippen LogP contribution is 2.40. The highest BCUT2D eigenvalue weighted by molar-refractivity contribution is 9.10. The summed E-state index contributed by atoms with van der Waals surface area (Å²) in [6, 6.07) is 7.08. The molecule has 0 bridgehead atoms. The van der Waals surface area contributed by atoms with E-state index in [4.69, 9.17) is 17.3 Å². The van der Waals surface area contributed by atoms with Crippen LogP contribution in [0, 0.1) is 5.92 Å². The minimum atomic E-state index is 0.251. The molecule has 0 spiro atoms. The molecular formula is C17H24BrClN2. The fraction of sp³-hybridized carbons (Fsp3) is 0.647. The molecule has 1 aromatic rings. The van der Waals surface area contributed by atoms with Crippen LogP contribution < -0.4 is 5.73 Å². The second kappa shape index (κ2) is 6.99. The molecule has 21 heavy (non-hydrogen) atoms. The highest BCUT2D eigenvalue weighted by Gasteiger charge is 2.37. The number of halogens is 2. The van der Waals surface area contributed by atoms with Gasteiger partial charge in [0.1, 0.15) is 0 Å². The Morgan fingerprint density at radius 1 is 1.24 bits per heavy atom. The Morgan fingerprint density at radius 3 is 2.81 bits per heavy atom. The molecule has 0 amide bonds. The van der Waals surface area contributed by atoms with Crippen molar-refractivity contribution in [1.82, 2.24) is 4.90 Å². The number of hydrogen-bond acceptors (Lipinski definition) is 2. The van der Waals surface area contributed by atoms with Crippen molar-refractivity contribution >= 4 is 27.5 Å². The van der Waals surface area contributed by atoms with Gasteiger partial charge in [-0.05, 0) is 61.9 Å². The summed E-state index contributed by atoms with van der Waals surface area (Å²) in [5.74, 6) is 0.868. The van der Waals surface area contributed by atoms with Gasteiger partial charge in [0.2, 0.25) is 0 Å². The van der Waals surface area contributed by atoms with Gasteiger partial charge in [-0.1, -0.05) is 40.4 Å². The third kappa shape index (κ3) is 3.31. The van der Waals surface area contributed by atoms with E-state index >= 15 is 0 Å². The van der Waals surface area contributed by atoms with Crippen molar-refractivity contribution in [2.24, 2.45) is 11.7 Å². The maximum absolute atomic E-state index is 6.46. The first-order chi connectivity index (χ1) is 10.2. The van der Waals surface area contributed by atoms with Crippen LogP contribution in [0.2, 0.25) is 5.02 Å². The average molecular weight is 372 g/mol. The Balaban J connectivity index is 1.89. The van der Waals surface area contributed by atoms with Gasteiger partial charge in [-0.3, -0.25) is 4.90 Å². The predicted molar refractivity (Wildman–Crippen MR) is 92.6 cm³/mol. The van der Waals surface area contributed by atoms with Crippen molar-refractivity contribution in [3.05, 3.63) is 33.3 Å². The van der Waals surface area contributed by atoms with Gasteiger partial charge in [-0.15, -0.1) is 0 Å². The van der Waals surface area contributed by atoms with Gasteiger partial charge in [0.15, 0.2) is 0 Å². The normalized spacial score (nSPS) is 28.1. The molecule has 2 nitrogen and oxygen atoms in total. The Kier molecular flexibility index (Phi) is 5.26. The summed E-state index contributed by atoms with van der Waals surface area (Å²) >= 11 is 10.0. The standard InChI is InChI=1S/C17H24BrClN2/c18-13-7-8-15(19)14(10-13)17(11-20)21-9-3-5-12-4-1-2-6-16(12)21/h7-8,10,12,16-17H,1-6,9,11,20H2. The van der Waals surface area contributed by atoms with Gasteiger partial charge in [0.25, 0.3) is 0 Å². The smallest absolute Gasteiger partial charge is 0.0488 e. The maximum Gasteiger partial charge on any atom is 0.0488 e. The molecular weight excluding hydrogens is 348 g/mol. The maximum atomic E-state index is 6.46. The number of benzene rings is 1. The van der Waals surface area contributed by atoms with Gasteiger partial charge >= 0.3 is 0 Å². The first kappa shape index (κ1) is 15.8. The van der Waals surface area contributed by atoms with E-state index in [1.807, 2.05) is 12.1 Å². The van der Waals surface area contributed by atoms with Crippen LogP contribution in [0.4, 0.5) is 0 Å². The number of nitrogens with zero attached hydrogens (tertiary/aromatic N) is 1. The van der Waals surface area contributed by atoms with Crippen LogP contribution >= 0.6 is 27.5 Å². The third-order valence-corrected chi connectivity index (χ3v) is 6.06. The summed E-state index contributed by atoms with van der Waals surface area (Å²) < 4.78 is 1.08. The fourth-order valence-electron chi connectivity index (χ4n) is 4.26. The summed E-state index contributed by atoms with van der Waals surface area (Å²) in [6.07, 6.45) is 8.17. The number of piperidine rings is 1. The SMILES string of the molecule is NCC(c1cc(Br)ccc1Cl)N1CCCC2CCCCC21. The molecule has 2 fully saturated rings. The average Bonchev–Trinajstić information content (AvgIpc) is 2.51. The topological polar surface area (TPSA) is 29.3 Å². The van der Waals surface area contributed by atoms with Gasteiger partial charge in [-0.2, -0.15) is 0 Å². The van der Waals surface area contributed by atoms with E-state index in [-0.39, 0.29) is 6.04 Å². The summed E-state index contributed by atoms with van der Waals surface area (Å²) in [6.45, 7) is 1.80. The molecule has 3 unspecified atom stereocenters. The molecule has 2 N–H and O–H groups in total. The lowest BCUT2D eigenvalue weighted by Crippen LogP contribution is -2.50. The van der Waals surface area contributed by atoms with E-state index < -0.39 is 0 Å². The minimum Gasteiger partial charge on any atom is -0.329 e. The highest BCUT2D eigenvalue weighted by atomic mass is 79.9. The monoisotopic (exact) mass is 370 g/mol. The zero-order chi connectivity index (χ0) is 14.8.